The highest BCUT2D eigenvalue weighted by atomic mass is 15.1. The summed E-state index contributed by atoms with van der Waals surface area (Å²) in [7, 11) is 2.21. The summed E-state index contributed by atoms with van der Waals surface area (Å²) >= 11 is 0. The van der Waals surface area contributed by atoms with Gasteiger partial charge in [0.15, 0.2) is 0 Å². The number of nitrogens with zero attached hydrogens (tertiary/aromatic N) is 1. The van der Waals surface area contributed by atoms with Gasteiger partial charge in [0.2, 0.25) is 0 Å². The molecule has 0 bridgehead atoms. The fourth-order valence-corrected chi connectivity index (χ4v) is 1.82. The molecule has 1 aliphatic carbocycles. The Morgan fingerprint density at radius 3 is 2.64 bits per heavy atom. The van der Waals surface area contributed by atoms with E-state index in [0.717, 1.165) is 37.8 Å². The fourth-order valence-electron chi connectivity index (χ4n) is 1.82. The Labute approximate surface area is 87.2 Å². The minimum absolute atomic E-state index is 0.322. The van der Waals surface area contributed by atoms with Crippen LogP contribution in [0.4, 0.5) is 0 Å². The van der Waals surface area contributed by atoms with Gasteiger partial charge in [0.05, 0.1) is 5.84 Å². The average Bonchev–Trinajstić information content (AvgIpc) is 2.93. The van der Waals surface area contributed by atoms with Crippen LogP contribution in [0.1, 0.15) is 39.0 Å². The SMILES string of the molecule is CC(C1CC1)N(C)CCCCC(=N)N. The third-order valence-electron chi connectivity index (χ3n) is 3.21. The van der Waals surface area contributed by atoms with Crippen molar-refractivity contribution in [1.82, 2.24) is 4.90 Å². The molecule has 0 amide bonds. The van der Waals surface area contributed by atoms with Crippen LogP contribution < -0.4 is 5.73 Å². The van der Waals surface area contributed by atoms with Gasteiger partial charge in [0, 0.05) is 12.5 Å². The molecule has 0 radical (unpaired) electrons. The lowest BCUT2D eigenvalue weighted by Crippen LogP contribution is -2.31. The third-order valence-corrected chi connectivity index (χ3v) is 3.21. The van der Waals surface area contributed by atoms with Crippen LogP contribution in [0.3, 0.4) is 0 Å². The molecule has 0 saturated heterocycles. The van der Waals surface area contributed by atoms with Crippen LogP contribution in [-0.2, 0) is 0 Å². The van der Waals surface area contributed by atoms with Crippen molar-refractivity contribution in [1.29, 1.82) is 5.41 Å². The van der Waals surface area contributed by atoms with E-state index in [1.165, 1.54) is 12.8 Å². The van der Waals surface area contributed by atoms with Crippen molar-refractivity contribution in [2.24, 2.45) is 11.7 Å². The minimum Gasteiger partial charge on any atom is -0.388 e. The number of rotatable bonds is 7. The number of hydrogen-bond donors (Lipinski definition) is 2. The summed E-state index contributed by atoms with van der Waals surface area (Å²) in [4.78, 5) is 2.44. The van der Waals surface area contributed by atoms with E-state index < -0.39 is 0 Å². The van der Waals surface area contributed by atoms with E-state index in [0.29, 0.717) is 5.84 Å². The summed E-state index contributed by atoms with van der Waals surface area (Å²) < 4.78 is 0. The molecule has 1 saturated carbocycles. The maximum Gasteiger partial charge on any atom is 0.0905 e. The van der Waals surface area contributed by atoms with E-state index in [4.69, 9.17) is 11.1 Å². The highest BCUT2D eigenvalue weighted by Crippen LogP contribution is 2.34. The lowest BCUT2D eigenvalue weighted by molar-refractivity contribution is 0.231. The van der Waals surface area contributed by atoms with Crippen molar-refractivity contribution >= 4 is 5.84 Å². The third kappa shape index (κ3) is 4.09. The van der Waals surface area contributed by atoms with Crippen LogP contribution >= 0.6 is 0 Å². The van der Waals surface area contributed by atoms with Crippen LogP contribution in [0.2, 0.25) is 0 Å². The minimum atomic E-state index is 0.322. The Hall–Kier alpha value is -0.570. The first-order chi connectivity index (χ1) is 6.61. The number of nitrogens with two attached hydrogens (primary N) is 1. The standard InChI is InChI=1S/C11H23N3/c1-9(10-6-7-10)14(2)8-4-3-5-11(12)13/h9-10H,3-8H2,1-2H3,(H3,12,13). The Balaban J connectivity index is 2.02. The van der Waals surface area contributed by atoms with Gasteiger partial charge in [-0.05, 0) is 52.1 Å². The summed E-state index contributed by atoms with van der Waals surface area (Å²) in [6.45, 7) is 3.47. The maximum atomic E-state index is 7.11. The molecule has 0 spiro atoms. The molecule has 82 valence electrons. The van der Waals surface area contributed by atoms with Crippen molar-refractivity contribution in [2.75, 3.05) is 13.6 Å². The first-order valence-electron chi connectivity index (χ1n) is 5.64. The zero-order valence-electron chi connectivity index (χ0n) is 9.42. The quantitative estimate of drug-likeness (QED) is 0.371. The zero-order valence-corrected chi connectivity index (χ0v) is 9.42. The Morgan fingerprint density at radius 2 is 2.14 bits per heavy atom. The predicted molar refractivity (Wildman–Crippen MR) is 60.6 cm³/mol. The first kappa shape index (κ1) is 11.5. The van der Waals surface area contributed by atoms with Crippen LogP contribution in [0.15, 0.2) is 0 Å². The Morgan fingerprint density at radius 1 is 1.50 bits per heavy atom. The molecule has 3 N–H and O–H groups in total. The molecule has 1 rings (SSSR count). The van der Waals surface area contributed by atoms with Gasteiger partial charge >= 0.3 is 0 Å². The van der Waals surface area contributed by atoms with E-state index >= 15 is 0 Å². The van der Waals surface area contributed by atoms with E-state index in [1.54, 1.807) is 0 Å². The Kier molecular flexibility index (Phi) is 4.39. The second-order valence-electron chi connectivity index (χ2n) is 4.54. The number of unbranched alkanes of at least 4 members (excludes halogenated alkanes) is 1. The van der Waals surface area contributed by atoms with Gasteiger partial charge in [-0.25, -0.2) is 0 Å². The Bertz CT molecular complexity index is 187. The summed E-state index contributed by atoms with van der Waals surface area (Å²) in [5, 5.41) is 7.11. The molecule has 0 aliphatic heterocycles. The molecule has 1 fully saturated rings. The number of hydrogen-bond acceptors (Lipinski definition) is 2. The second-order valence-corrected chi connectivity index (χ2v) is 4.54. The van der Waals surface area contributed by atoms with E-state index in [1.807, 2.05) is 0 Å². The highest BCUT2D eigenvalue weighted by molar-refractivity contribution is 5.76. The van der Waals surface area contributed by atoms with Gasteiger partial charge in [0.1, 0.15) is 0 Å². The molecule has 0 aromatic carbocycles. The maximum absolute atomic E-state index is 7.11. The van der Waals surface area contributed by atoms with Crippen LogP contribution in [0.25, 0.3) is 0 Å². The molecule has 1 atom stereocenters. The number of amidine groups is 1. The smallest absolute Gasteiger partial charge is 0.0905 e. The van der Waals surface area contributed by atoms with Gasteiger partial charge in [-0.1, -0.05) is 0 Å². The van der Waals surface area contributed by atoms with Gasteiger partial charge < -0.3 is 10.6 Å². The fraction of sp³-hybridized carbons (Fsp3) is 0.909. The van der Waals surface area contributed by atoms with Gasteiger partial charge in [-0.2, -0.15) is 0 Å². The van der Waals surface area contributed by atoms with Crippen molar-refractivity contribution in [2.45, 2.75) is 45.1 Å². The molecule has 3 nitrogen and oxygen atoms in total. The molecule has 0 heterocycles. The molecule has 1 unspecified atom stereocenters. The molecule has 1 aliphatic rings. The predicted octanol–water partition coefficient (Wildman–Crippen LogP) is 1.82. The zero-order chi connectivity index (χ0) is 10.6. The molecule has 0 aromatic rings. The van der Waals surface area contributed by atoms with E-state index in [2.05, 4.69) is 18.9 Å². The van der Waals surface area contributed by atoms with Crippen LogP contribution in [-0.4, -0.2) is 30.4 Å². The molecular formula is C11H23N3. The lowest BCUT2D eigenvalue weighted by Gasteiger charge is -2.24. The summed E-state index contributed by atoms with van der Waals surface area (Å²) in [5.41, 5.74) is 5.30. The lowest BCUT2D eigenvalue weighted by atomic mass is 10.1. The van der Waals surface area contributed by atoms with Crippen molar-refractivity contribution in [3.8, 4) is 0 Å². The largest absolute Gasteiger partial charge is 0.388 e. The summed E-state index contributed by atoms with van der Waals surface area (Å²) in [6.07, 6.45) is 5.80. The topological polar surface area (TPSA) is 53.1 Å². The molecular weight excluding hydrogens is 174 g/mol. The average molecular weight is 197 g/mol. The van der Waals surface area contributed by atoms with Crippen molar-refractivity contribution in [3.63, 3.8) is 0 Å². The summed E-state index contributed by atoms with van der Waals surface area (Å²) in [5.74, 6) is 1.27. The monoisotopic (exact) mass is 197 g/mol. The van der Waals surface area contributed by atoms with Crippen molar-refractivity contribution < 1.29 is 0 Å². The highest BCUT2D eigenvalue weighted by Gasteiger charge is 2.29. The van der Waals surface area contributed by atoms with Crippen LogP contribution in [0, 0.1) is 11.3 Å². The molecule has 3 heteroatoms. The summed E-state index contributed by atoms with van der Waals surface area (Å²) in [6, 6.07) is 0.743. The molecule has 0 aromatic heterocycles. The normalized spacial score (nSPS) is 18.5. The first-order valence-corrected chi connectivity index (χ1v) is 5.64. The van der Waals surface area contributed by atoms with Gasteiger partial charge in [0.25, 0.3) is 0 Å². The van der Waals surface area contributed by atoms with Crippen molar-refractivity contribution in [3.05, 3.63) is 0 Å². The van der Waals surface area contributed by atoms with Gasteiger partial charge in [-0.15, -0.1) is 0 Å². The van der Waals surface area contributed by atoms with Crippen LogP contribution in [0.5, 0.6) is 0 Å². The van der Waals surface area contributed by atoms with E-state index in [9.17, 15) is 0 Å². The second kappa shape index (κ2) is 5.35. The number of nitrogens with one attached hydrogen (secondary N) is 1. The van der Waals surface area contributed by atoms with Gasteiger partial charge in [-0.3, -0.25) is 5.41 Å². The molecule has 14 heavy (non-hydrogen) atoms. The van der Waals surface area contributed by atoms with E-state index in [-0.39, 0.29) is 0 Å².